The minimum absolute atomic E-state index is 0.0433. The molecule has 0 saturated carbocycles. The number of alkyl halides is 2. The lowest BCUT2D eigenvalue weighted by molar-refractivity contribution is -0.146. The molecule has 204 valence electrons. The van der Waals surface area contributed by atoms with E-state index >= 15 is 0 Å². The summed E-state index contributed by atoms with van der Waals surface area (Å²) < 4.78 is 42.5. The van der Waals surface area contributed by atoms with E-state index in [4.69, 9.17) is 14.2 Å². The van der Waals surface area contributed by atoms with E-state index in [1.54, 1.807) is 38.5 Å². The van der Waals surface area contributed by atoms with Crippen molar-refractivity contribution in [2.75, 3.05) is 31.3 Å². The molecule has 0 aliphatic carbocycles. The second kappa shape index (κ2) is 12.2. The van der Waals surface area contributed by atoms with Crippen molar-refractivity contribution in [1.82, 2.24) is 14.9 Å². The summed E-state index contributed by atoms with van der Waals surface area (Å²) in [5.41, 5.74) is 2.31. The van der Waals surface area contributed by atoms with Crippen molar-refractivity contribution < 1.29 is 32.9 Å². The van der Waals surface area contributed by atoms with E-state index in [-0.39, 0.29) is 30.6 Å². The van der Waals surface area contributed by atoms with E-state index in [1.807, 2.05) is 11.0 Å². The Labute approximate surface area is 218 Å². The Kier molecular flexibility index (Phi) is 8.74. The molecular formula is C26H31F2N5O5. The van der Waals surface area contributed by atoms with Crippen LogP contribution in [0, 0.1) is 0 Å². The molecule has 1 aromatic carbocycles. The van der Waals surface area contributed by atoms with E-state index < -0.39 is 18.9 Å². The molecule has 1 aliphatic rings. The molecule has 1 saturated heterocycles. The van der Waals surface area contributed by atoms with Gasteiger partial charge in [0, 0.05) is 43.0 Å². The fourth-order valence-electron chi connectivity index (χ4n) is 4.58. The summed E-state index contributed by atoms with van der Waals surface area (Å²) in [6, 6.07) is 6.26. The van der Waals surface area contributed by atoms with Crippen LogP contribution in [-0.2, 0) is 22.7 Å². The minimum Gasteiger partial charge on any atom is -0.469 e. The zero-order chi connectivity index (χ0) is 27.2. The van der Waals surface area contributed by atoms with Crippen LogP contribution >= 0.6 is 0 Å². The van der Waals surface area contributed by atoms with Crippen molar-refractivity contribution >= 4 is 28.4 Å². The zero-order valence-corrected chi connectivity index (χ0v) is 21.4. The largest absolute Gasteiger partial charge is 0.469 e. The normalized spacial score (nSPS) is 16.4. The number of nitrogens with zero attached hydrogens (tertiary/aromatic N) is 3. The molecule has 1 unspecified atom stereocenters. The third-order valence-corrected chi connectivity index (χ3v) is 6.34. The Morgan fingerprint density at radius 1 is 1.24 bits per heavy atom. The predicted molar refractivity (Wildman–Crippen MR) is 137 cm³/mol. The molecule has 10 nitrogen and oxygen atoms in total. The molecule has 0 amide bonds. The number of pyridine rings is 2. The summed E-state index contributed by atoms with van der Waals surface area (Å²) in [6.07, 6.45) is 3.98. The van der Waals surface area contributed by atoms with Gasteiger partial charge in [0.05, 0.1) is 19.4 Å². The van der Waals surface area contributed by atoms with E-state index in [0.717, 1.165) is 11.8 Å². The number of methoxy groups -OCH3 is 1. The maximum atomic E-state index is 13.3. The highest BCUT2D eigenvalue weighted by atomic mass is 19.3. The summed E-state index contributed by atoms with van der Waals surface area (Å²) in [4.78, 5) is 22.8. The number of ether oxygens (including phenoxy) is 3. The van der Waals surface area contributed by atoms with E-state index in [0.29, 0.717) is 41.1 Å². The van der Waals surface area contributed by atoms with Gasteiger partial charge in [-0.2, -0.15) is 8.78 Å². The molecule has 38 heavy (non-hydrogen) atoms. The van der Waals surface area contributed by atoms with Crippen LogP contribution in [0.2, 0.25) is 0 Å². The van der Waals surface area contributed by atoms with Gasteiger partial charge in [0.2, 0.25) is 0 Å². The number of esters is 1. The van der Waals surface area contributed by atoms with Crippen LogP contribution < -0.4 is 20.1 Å². The Morgan fingerprint density at radius 3 is 2.76 bits per heavy atom. The zero-order valence-electron chi connectivity index (χ0n) is 21.4. The number of halogens is 2. The number of likely N-dealkylation sites (tertiary alicyclic amines) is 1. The van der Waals surface area contributed by atoms with Crippen LogP contribution in [-0.4, -0.2) is 65.5 Å². The van der Waals surface area contributed by atoms with Gasteiger partial charge in [-0.3, -0.25) is 14.7 Å². The molecule has 0 radical (unpaired) electrons. The van der Waals surface area contributed by atoms with Gasteiger partial charge in [0.15, 0.2) is 12.0 Å². The van der Waals surface area contributed by atoms with Gasteiger partial charge in [-0.15, -0.1) is 0 Å². The number of aliphatic hydroxyl groups is 1. The van der Waals surface area contributed by atoms with Gasteiger partial charge >= 0.3 is 12.6 Å². The Balaban J connectivity index is 1.58. The van der Waals surface area contributed by atoms with Gasteiger partial charge in [-0.1, -0.05) is 0 Å². The van der Waals surface area contributed by atoms with Crippen LogP contribution in [0.25, 0.3) is 10.9 Å². The number of fused-ring (bicyclic) bond motifs is 1. The van der Waals surface area contributed by atoms with Crippen LogP contribution in [0.4, 0.5) is 20.3 Å². The first-order chi connectivity index (χ1) is 18.3. The molecule has 3 heterocycles. The number of rotatable bonds is 11. The van der Waals surface area contributed by atoms with Crippen molar-refractivity contribution in [2.45, 2.75) is 51.8 Å². The molecule has 4 rings (SSSR count). The van der Waals surface area contributed by atoms with Crippen molar-refractivity contribution in [3.05, 3.63) is 47.8 Å². The molecule has 12 heteroatoms. The lowest BCUT2D eigenvalue weighted by atomic mass is 10.1. The number of hydrogen-bond donors (Lipinski definition) is 3. The van der Waals surface area contributed by atoms with E-state index in [9.17, 15) is 18.7 Å². The van der Waals surface area contributed by atoms with E-state index in [1.165, 1.54) is 13.2 Å². The number of carbonyl (C=O) groups excluding carboxylic acids is 1. The molecule has 0 spiro atoms. The summed E-state index contributed by atoms with van der Waals surface area (Å²) in [5, 5.41) is 16.4. The summed E-state index contributed by atoms with van der Waals surface area (Å²) >= 11 is 0. The van der Waals surface area contributed by atoms with Gasteiger partial charge in [-0.05, 0) is 50.1 Å². The van der Waals surface area contributed by atoms with Crippen LogP contribution in [0.15, 0.2) is 36.7 Å². The summed E-state index contributed by atoms with van der Waals surface area (Å²) in [5.74, 6) is 0.359. The second-order valence-electron chi connectivity index (χ2n) is 8.87. The van der Waals surface area contributed by atoms with Gasteiger partial charge in [0.1, 0.15) is 23.1 Å². The molecular weight excluding hydrogens is 500 g/mol. The number of carbonyl (C=O) groups is 1. The minimum atomic E-state index is -3.04. The van der Waals surface area contributed by atoms with Crippen LogP contribution in [0.3, 0.4) is 0 Å². The Morgan fingerprint density at radius 2 is 2.05 bits per heavy atom. The number of aliphatic hydroxyl groups excluding tert-OH is 1. The maximum Gasteiger partial charge on any atom is 0.387 e. The SMILES string of the molecule is CNc1cc(CN2CCC[C@H]2C(=O)OC)c(OC(F)F)cc1OC(C)Nc1nccc2cc(CO)cnc12. The highest BCUT2D eigenvalue weighted by Crippen LogP contribution is 2.36. The van der Waals surface area contributed by atoms with Crippen LogP contribution in [0.1, 0.15) is 30.9 Å². The molecule has 0 bridgehead atoms. The monoisotopic (exact) mass is 531 g/mol. The fourth-order valence-corrected chi connectivity index (χ4v) is 4.58. The number of hydrogen-bond acceptors (Lipinski definition) is 10. The lowest BCUT2D eigenvalue weighted by Crippen LogP contribution is -2.36. The quantitative estimate of drug-likeness (QED) is 0.249. The number of benzene rings is 1. The van der Waals surface area contributed by atoms with Gasteiger partial charge < -0.3 is 30.0 Å². The maximum absolute atomic E-state index is 13.3. The van der Waals surface area contributed by atoms with Gasteiger partial charge in [-0.25, -0.2) is 4.98 Å². The third-order valence-electron chi connectivity index (χ3n) is 6.34. The van der Waals surface area contributed by atoms with Crippen LogP contribution in [0.5, 0.6) is 11.5 Å². The number of anilines is 2. The average Bonchev–Trinajstić information content (AvgIpc) is 3.37. The standard InChI is InChI=1S/C26H31F2N5O5/c1-15(32-24-23-17(6-7-30-24)9-16(14-34)12-31-23)37-22-11-21(38-26(27)28)18(10-19(22)29-2)13-33-8-4-5-20(33)25(35)36-3/h6-7,9-12,15,20,26,29,34H,4-5,8,13-14H2,1-3H3,(H,30,32)/t15?,20-/m0/s1. The molecule has 3 N–H and O–H groups in total. The second-order valence-corrected chi connectivity index (χ2v) is 8.87. The highest BCUT2D eigenvalue weighted by Gasteiger charge is 2.32. The number of aromatic nitrogens is 2. The number of nitrogens with one attached hydrogen (secondary N) is 2. The predicted octanol–water partition coefficient (Wildman–Crippen LogP) is 3.74. The highest BCUT2D eigenvalue weighted by molar-refractivity contribution is 5.88. The Bertz CT molecular complexity index is 1280. The first kappa shape index (κ1) is 27.3. The van der Waals surface area contributed by atoms with Crippen molar-refractivity contribution in [2.24, 2.45) is 0 Å². The molecule has 1 aliphatic heterocycles. The first-order valence-corrected chi connectivity index (χ1v) is 12.2. The summed E-state index contributed by atoms with van der Waals surface area (Å²) in [6.45, 7) is -0.558. The fraction of sp³-hybridized carbons (Fsp3) is 0.423. The first-order valence-electron chi connectivity index (χ1n) is 12.2. The molecule has 2 aromatic heterocycles. The van der Waals surface area contributed by atoms with Crippen molar-refractivity contribution in [3.8, 4) is 11.5 Å². The lowest BCUT2D eigenvalue weighted by Gasteiger charge is -2.25. The average molecular weight is 532 g/mol. The summed E-state index contributed by atoms with van der Waals surface area (Å²) in [7, 11) is 3.03. The van der Waals surface area contributed by atoms with Gasteiger partial charge in [0.25, 0.3) is 0 Å². The van der Waals surface area contributed by atoms with Crippen molar-refractivity contribution in [1.29, 1.82) is 0 Å². The molecule has 1 fully saturated rings. The molecule has 2 atom stereocenters. The molecule has 3 aromatic rings. The smallest absolute Gasteiger partial charge is 0.387 e. The third kappa shape index (κ3) is 6.20. The topological polar surface area (TPSA) is 118 Å². The van der Waals surface area contributed by atoms with Crippen molar-refractivity contribution in [3.63, 3.8) is 0 Å². The Hall–Kier alpha value is -3.77. The van der Waals surface area contributed by atoms with E-state index in [2.05, 4.69) is 20.6 Å².